The molecular formula is C21H24N4O7S. The van der Waals surface area contributed by atoms with Crippen molar-refractivity contribution in [3.63, 3.8) is 0 Å². The van der Waals surface area contributed by atoms with Crippen LogP contribution < -0.4 is 10.9 Å². The van der Waals surface area contributed by atoms with Gasteiger partial charge >= 0.3 is 5.97 Å². The summed E-state index contributed by atoms with van der Waals surface area (Å²) in [5, 5.41) is 2.47. The molecule has 3 aromatic rings. The van der Waals surface area contributed by atoms with Crippen molar-refractivity contribution < 1.29 is 27.2 Å². The van der Waals surface area contributed by atoms with Crippen molar-refractivity contribution in [2.75, 3.05) is 25.0 Å². The number of sulfonamides is 1. The molecule has 0 spiro atoms. The number of nitrogens with one attached hydrogen (secondary N) is 1. The van der Waals surface area contributed by atoms with E-state index in [0.717, 1.165) is 0 Å². The van der Waals surface area contributed by atoms with E-state index in [1.165, 1.54) is 53.4 Å². The third kappa shape index (κ3) is 4.81. The van der Waals surface area contributed by atoms with Crippen LogP contribution in [0.5, 0.6) is 0 Å². The molecule has 0 saturated carbocycles. The van der Waals surface area contributed by atoms with Crippen LogP contribution in [0.4, 0.5) is 5.69 Å². The molecular weight excluding hydrogens is 452 g/mol. The van der Waals surface area contributed by atoms with E-state index in [2.05, 4.69) is 10.3 Å². The van der Waals surface area contributed by atoms with Crippen molar-refractivity contribution in [3.8, 4) is 0 Å². The second-order valence-electron chi connectivity index (χ2n) is 7.12. The summed E-state index contributed by atoms with van der Waals surface area (Å²) in [5.74, 6) is -1.46. The zero-order chi connectivity index (χ0) is 24.3. The minimum atomic E-state index is -3.70. The molecule has 1 N–H and O–H groups in total. The lowest BCUT2D eigenvalue weighted by molar-refractivity contribution is -0.119. The standard InChI is InChI=1S/C21H24N4O7S/c1-5-25(6-2)33(29,30)15-9-7-8-14(10-15)23-16(26)11-31-21(28)17-13(3)32-19-18(17)20(27)24(4)12-22-19/h7-10,12H,5-6,11H2,1-4H3,(H,23,26). The van der Waals surface area contributed by atoms with Crippen molar-refractivity contribution in [1.29, 1.82) is 0 Å². The Kier molecular flexibility index (Phi) is 6.98. The Labute approximate surface area is 190 Å². The number of fused-ring (bicyclic) bond motifs is 1. The molecule has 1 aromatic carbocycles. The average Bonchev–Trinajstić information content (AvgIpc) is 3.12. The number of benzene rings is 1. The van der Waals surface area contributed by atoms with E-state index in [9.17, 15) is 22.8 Å². The summed E-state index contributed by atoms with van der Waals surface area (Å²) in [6.07, 6.45) is 1.27. The molecule has 176 valence electrons. The number of nitrogens with zero attached hydrogens (tertiary/aromatic N) is 3. The number of carbonyl (C=O) groups is 2. The predicted molar refractivity (Wildman–Crippen MR) is 119 cm³/mol. The summed E-state index contributed by atoms with van der Waals surface area (Å²) in [6, 6.07) is 5.78. The van der Waals surface area contributed by atoms with Crippen molar-refractivity contribution in [3.05, 3.63) is 52.3 Å². The van der Waals surface area contributed by atoms with Crippen LogP contribution in [-0.4, -0.2) is 53.8 Å². The lowest BCUT2D eigenvalue weighted by atomic mass is 10.2. The number of esters is 1. The number of hydrogen-bond acceptors (Lipinski definition) is 8. The molecule has 33 heavy (non-hydrogen) atoms. The van der Waals surface area contributed by atoms with Gasteiger partial charge in [-0.15, -0.1) is 0 Å². The van der Waals surface area contributed by atoms with E-state index in [1.54, 1.807) is 13.8 Å². The lowest BCUT2D eigenvalue weighted by Crippen LogP contribution is -2.30. The summed E-state index contributed by atoms with van der Waals surface area (Å²) in [6.45, 7) is 4.92. The van der Waals surface area contributed by atoms with Crippen LogP contribution in [0.3, 0.4) is 0 Å². The first kappa shape index (κ1) is 24.1. The van der Waals surface area contributed by atoms with E-state index >= 15 is 0 Å². The maximum absolute atomic E-state index is 12.7. The van der Waals surface area contributed by atoms with E-state index < -0.39 is 34.1 Å². The third-order valence-electron chi connectivity index (χ3n) is 4.95. The number of aryl methyl sites for hydroxylation is 2. The van der Waals surface area contributed by atoms with Crippen molar-refractivity contribution in [2.45, 2.75) is 25.7 Å². The van der Waals surface area contributed by atoms with Gasteiger partial charge in [0.1, 0.15) is 23.0 Å². The summed E-state index contributed by atoms with van der Waals surface area (Å²) in [4.78, 5) is 41.3. The molecule has 12 heteroatoms. The highest BCUT2D eigenvalue weighted by molar-refractivity contribution is 7.89. The molecule has 0 aliphatic carbocycles. The summed E-state index contributed by atoms with van der Waals surface area (Å²) < 4.78 is 38.3. The van der Waals surface area contributed by atoms with Crippen molar-refractivity contribution >= 4 is 38.7 Å². The quantitative estimate of drug-likeness (QED) is 0.484. The summed E-state index contributed by atoms with van der Waals surface area (Å²) in [7, 11) is -2.22. The molecule has 0 fully saturated rings. The highest BCUT2D eigenvalue weighted by Gasteiger charge is 2.25. The number of ether oxygens (including phenoxy) is 1. The van der Waals surface area contributed by atoms with E-state index in [4.69, 9.17) is 9.15 Å². The monoisotopic (exact) mass is 476 g/mol. The van der Waals surface area contributed by atoms with Crippen LogP contribution in [0.25, 0.3) is 11.1 Å². The number of aromatic nitrogens is 2. The highest BCUT2D eigenvalue weighted by Crippen LogP contribution is 2.22. The first-order valence-corrected chi connectivity index (χ1v) is 11.6. The minimum absolute atomic E-state index is 0.00164. The van der Waals surface area contributed by atoms with Gasteiger partial charge in [0.15, 0.2) is 6.61 Å². The van der Waals surface area contributed by atoms with E-state index in [1.807, 2.05) is 0 Å². The van der Waals surface area contributed by atoms with Gasteiger partial charge < -0.3 is 19.0 Å². The Balaban J connectivity index is 1.73. The molecule has 1 amide bonds. The molecule has 11 nitrogen and oxygen atoms in total. The average molecular weight is 477 g/mol. The van der Waals surface area contributed by atoms with Gasteiger partial charge in [0, 0.05) is 25.8 Å². The van der Waals surface area contributed by atoms with Gasteiger partial charge in [-0.1, -0.05) is 19.9 Å². The van der Waals surface area contributed by atoms with Gasteiger partial charge in [-0.3, -0.25) is 9.59 Å². The van der Waals surface area contributed by atoms with Gasteiger partial charge in [-0.25, -0.2) is 18.2 Å². The minimum Gasteiger partial charge on any atom is -0.452 e. The molecule has 0 bridgehead atoms. The molecule has 0 radical (unpaired) electrons. The lowest BCUT2D eigenvalue weighted by Gasteiger charge is -2.18. The van der Waals surface area contributed by atoms with Crippen LogP contribution in [0, 0.1) is 6.92 Å². The number of rotatable bonds is 8. The smallest absolute Gasteiger partial charge is 0.343 e. The fourth-order valence-electron chi connectivity index (χ4n) is 3.28. The molecule has 0 atom stereocenters. The van der Waals surface area contributed by atoms with Gasteiger partial charge in [-0.2, -0.15) is 4.31 Å². The van der Waals surface area contributed by atoms with Gasteiger partial charge in [0.2, 0.25) is 15.7 Å². The van der Waals surface area contributed by atoms with Crippen LogP contribution >= 0.6 is 0 Å². The molecule has 2 heterocycles. The van der Waals surface area contributed by atoms with Crippen molar-refractivity contribution in [1.82, 2.24) is 13.9 Å². The first-order chi connectivity index (χ1) is 15.6. The Morgan fingerprint density at radius 3 is 2.61 bits per heavy atom. The SMILES string of the molecule is CCN(CC)S(=O)(=O)c1cccc(NC(=O)COC(=O)c2c(C)oc3ncn(C)c(=O)c23)c1. The Morgan fingerprint density at radius 2 is 1.94 bits per heavy atom. The van der Waals surface area contributed by atoms with Crippen LogP contribution in [0.1, 0.15) is 30.0 Å². The maximum atomic E-state index is 12.7. The zero-order valence-corrected chi connectivity index (χ0v) is 19.4. The largest absolute Gasteiger partial charge is 0.452 e. The first-order valence-electron chi connectivity index (χ1n) is 10.1. The molecule has 0 aliphatic heterocycles. The number of amides is 1. The summed E-state index contributed by atoms with van der Waals surface area (Å²) >= 11 is 0. The summed E-state index contributed by atoms with van der Waals surface area (Å²) in [5.41, 5.74) is -0.358. The Bertz CT molecular complexity index is 1370. The molecule has 0 unspecified atom stereocenters. The second kappa shape index (κ2) is 9.55. The van der Waals surface area contributed by atoms with E-state index in [-0.39, 0.29) is 33.0 Å². The number of anilines is 1. The molecule has 0 aliphatic rings. The number of furan rings is 1. The molecule has 3 rings (SSSR count). The third-order valence-corrected chi connectivity index (χ3v) is 6.99. The molecule has 2 aromatic heterocycles. The van der Waals surface area contributed by atoms with Crippen LogP contribution in [0.2, 0.25) is 0 Å². The van der Waals surface area contributed by atoms with E-state index in [0.29, 0.717) is 13.1 Å². The Hall–Kier alpha value is -3.51. The number of hydrogen-bond donors (Lipinski definition) is 1. The molecule has 0 saturated heterocycles. The Morgan fingerprint density at radius 1 is 1.24 bits per heavy atom. The van der Waals surface area contributed by atoms with Crippen molar-refractivity contribution in [2.24, 2.45) is 7.05 Å². The van der Waals surface area contributed by atoms with Crippen LogP contribution in [0.15, 0.2) is 44.7 Å². The predicted octanol–water partition coefficient (Wildman–Crippen LogP) is 1.66. The maximum Gasteiger partial charge on any atom is 0.343 e. The second-order valence-corrected chi connectivity index (χ2v) is 9.05. The number of carbonyl (C=O) groups excluding carboxylic acids is 2. The normalized spacial score (nSPS) is 11.7. The zero-order valence-electron chi connectivity index (χ0n) is 18.6. The van der Waals surface area contributed by atoms with Gasteiger partial charge in [0.05, 0.1) is 4.90 Å². The van der Waals surface area contributed by atoms with Gasteiger partial charge in [-0.05, 0) is 25.1 Å². The highest BCUT2D eigenvalue weighted by atomic mass is 32.2. The van der Waals surface area contributed by atoms with Gasteiger partial charge in [0.25, 0.3) is 11.5 Å². The fraction of sp³-hybridized carbons (Fsp3) is 0.333. The fourth-order valence-corrected chi connectivity index (χ4v) is 4.78. The topological polar surface area (TPSA) is 141 Å². The van der Waals surface area contributed by atoms with Crippen LogP contribution in [-0.2, 0) is 26.6 Å².